The minimum atomic E-state index is -3.38. The van der Waals surface area contributed by atoms with E-state index in [9.17, 15) is 23.1 Å². The largest absolute Gasteiger partial charge is 0.477 e. The Morgan fingerprint density at radius 2 is 1.95 bits per heavy atom. The van der Waals surface area contributed by atoms with E-state index < -0.39 is 27.5 Å². The summed E-state index contributed by atoms with van der Waals surface area (Å²) in [5.74, 6) is -0.713. The van der Waals surface area contributed by atoms with Crippen molar-refractivity contribution in [2.75, 3.05) is 30.9 Å². The summed E-state index contributed by atoms with van der Waals surface area (Å²) < 4.78 is 36.5. The lowest BCUT2D eigenvalue weighted by Gasteiger charge is -2.34. The van der Waals surface area contributed by atoms with Gasteiger partial charge < -0.3 is 19.5 Å². The number of hydrogen-bond donors (Lipinski definition) is 1. The van der Waals surface area contributed by atoms with Gasteiger partial charge in [0.1, 0.15) is 17.1 Å². The molecule has 12 heteroatoms. The Kier molecular flexibility index (Phi) is 7.99. The van der Waals surface area contributed by atoms with Crippen LogP contribution in [0.2, 0.25) is 0 Å². The highest BCUT2D eigenvalue weighted by Gasteiger charge is 2.28. The third-order valence-corrected chi connectivity index (χ3v) is 7.34. The van der Waals surface area contributed by atoms with E-state index in [2.05, 4.69) is 4.98 Å². The van der Waals surface area contributed by atoms with Gasteiger partial charge in [-0.15, -0.1) is 0 Å². The number of carbonyl (C=O) groups is 2. The van der Waals surface area contributed by atoms with Crippen LogP contribution < -0.4 is 4.90 Å². The van der Waals surface area contributed by atoms with Gasteiger partial charge in [-0.05, 0) is 39.3 Å². The van der Waals surface area contributed by atoms with Crippen molar-refractivity contribution in [3.05, 3.63) is 41.7 Å². The van der Waals surface area contributed by atoms with Crippen molar-refractivity contribution < 1.29 is 32.6 Å². The molecule has 0 saturated carbocycles. The van der Waals surface area contributed by atoms with Gasteiger partial charge in [-0.3, -0.25) is 0 Å². The lowest BCUT2D eigenvalue weighted by Crippen LogP contribution is -2.44. The lowest BCUT2D eigenvalue weighted by atomic mass is 10.0. The fourth-order valence-corrected chi connectivity index (χ4v) is 5.48. The highest BCUT2D eigenvalue weighted by atomic mass is 32.2. The second-order valence-electron chi connectivity index (χ2n) is 10.5. The van der Waals surface area contributed by atoms with Crippen LogP contribution in [-0.2, 0) is 25.1 Å². The van der Waals surface area contributed by atoms with Crippen molar-refractivity contribution in [2.24, 2.45) is 0 Å². The number of sulfone groups is 1. The van der Waals surface area contributed by atoms with Crippen molar-refractivity contribution in [2.45, 2.75) is 57.9 Å². The SMILES string of the molecule is CCCC(C)(C)OC(=O)n1c(C(=O)O)cc2ccc(-c3nc(CS(C)(=O)=O)cc(N4CCOC[C@@H]4C)n3)cc21. The summed E-state index contributed by atoms with van der Waals surface area (Å²) in [4.78, 5) is 36.6. The third kappa shape index (κ3) is 6.56. The number of rotatable bonds is 8. The number of anilines is 1. The number of aromatic carboxylic acids is 1. The molecule has 39 heavy (non-hydrogen) atoms. The number of benzene rings is 1. The van der Waals surface area contributed by atoms with E-state index in [-0.39, 0.29) is 23.3 Å². The molecule has 1 aromatic carbocycles. The van der Waals surface area contributed by atoms with Gasteiger partial charge in [0, 0.05) is 29.8 Å². The summed E-state index contributed by atoms with van der Waals surface area (Å²) in [6.45, 7) is 9.13. The number of fused-ring (bicyclic) bond motifs is 1. The molecule has 2 aromatic heterocycles. The summed E-state index contributed by atoms with van der Waals surface area (Å²) in [6, 6.07) is 8.13. The number of morpholine rings is 1. The molecule has 0 aliphatic carbocycles. The fraction of sp³-hybridized carbons (Fsp3) is 0.481. The van der Waals surface area contributed by atoms with E-state index in [0.29, 0.717) is 54.2 Å². The summed E-state index contributed by atoms with van der Waals surface area (Å²) in [5.41, 5.74) is 0.132. The van der Waals surface area contributed by atoms with Crippen LogP contribution in [0.25, 0.3) is 22.3 Å². The average Bonchev–Trinajstić information content (AvgIpc) is 3.22. The molecule has 11 nitrogen and oxygen atoms in total. The molecule has 0 unspecified atom stereocenters. The average molecular weight is 559 g/mol. The number of nitrogens with zero attached hydrogens (tertiary/aromatic N) is 4. The molecule has 0 bridgehead atoms. The summed E-state index contributed by atoms with van der Waals surface area (Å²) >= 11 is 0. The van der Waals surface area contributed by atoms with Gasteiger partial charge in [0.2, 0.25) is 0 Å². The van der Waals surface area contributed by atoms with Crippen molar-refractivity contribution in [1.29, 1.82) is 0 Å². The quantitative estimate of drug-likeness (QED) is 0.429. The zero-order valence-corrected chi connectivity index (χ0v) is 23.6. The Morgan fingerprint density at radius 1 is 1.21 bits per heavy atom. The number of hydrogen-bond acceptors (Lipinski definition) is 9. The molecule has 1 aliphatic rings. The van der Waals surface area contributed by atoms with Crippen LogP contribution >= 0.6 is 0 Å². The molecular weight excluding hydrogens is 524 g/mol. The minimum absolute atomic E-state index is 0.0201. The van der Waals surface area contributed by atoms with Crippen LogP contribution in [-0.4, -0.2) is 77.8 Å². The van der Waals surface area contributed by atoms with Gasteiger partial charge in [0.15, 0.2) is 15.7 Å². The normalized spacial score (nSPS) is 16.4. The van der Waals surface area contributed by atoms with Crippen LogP contribution in [0.3, 0.4) is 0 Å². The smallest absolute Gasteiger partial charge is 0.419 e. The summed E-state index contributed by atoms with van der Waals surface area (Å²) in [5, 5.41) is 10.4. The molecule has 3 aromatic rings. The molecule has 3 heterocycles. The molecule has 1 fully saturated rings. The van der Waals surface area contributed by atoms with E-state index in [1.165, 1.54) is 6.07 Å². The molecule has 1 atom stereocenters. The first kappa shape index (κ1) is 28.5. The van der Waals surface area contributed by atoms with Crippen molar-refractivity contribution in [1.82, 2.24) is 14.5 Å². The first-order chi connectivity index (χ1) is 18.3. The minimum Gasteiger partial charge on any atom is -0.477 e. The molecule has 0 spiro atoms. The van der Waals surface area contributed by atoms with Gasteiger partial charge in [0.25, 0.3) is 0 Å². The lowest BCUT2D eigenvalue weighted by molar-refractivity contribution is 0.0324. The van der Waals surface area contributed by atoms with Crippen LogP contribution in [0.1, 0.15) is 56.7 Å². The molecule has 0 amide bonds. The first-order valence-corrected chi connectivity index (χ1v) is 14.9. The Morgan fingerprint density at radius 3 is 2.59 bits per heavy atom. The number of aromatic nitrogens is 3. The van der Waals surface area contributed by atoms with Gasteiger partial charge in [-0.1, -0.05) is 25.5 Å². The molecular formula is C27H34N4O7S. The highest BCUT2D eigenvalue weighted by Crippen LogP contribution is 2.29. The van der Waals surface area contributed by atoms with E-state index in [1.54, 1.807) is 38.1 Å². The zero-order chi connectivity index (χ0) is 28.5. The monoisotopic (exact) mass is 558 g/mol. The van der Waals surface area contributed by atoms with Crippen LogP contribution in [0.4, 0.5) is 10.6 Å². The van der Waals surface area contributed by atoms with Gasteiger partial charge >= 0.3 is 12.1 Å². The van der Waals surface area contributed by atoms with Crippen molar-refractivity contribution in [3.8, 4) is 11.4 Å². The van der Waals surface area contributed by atoms with E-state index in [0.717, 1.165) is 17.2 Å². The summed E-state index contributed by atoms with van der Waals surface area (Å²) in [6.07, 6.45) is 1.74. The maximum absolute atomic E-state index is 13.3. The Bertz CT molecular complexity index is 1510. The molecule has 210 valence electrons. The maximum Gasteiger partial charge on any atom is 0.419 e. The number of carboxylic acids is 1. The first-order valence-electron chi connectivity index (χ1n) is 12.8. The number of ether oxygens (including phenoxy) is 2. The molecule has 1 saturated heterocycles. The fourth-order valence-electron chi connectivity index (χ4n) is 4.80. The second kappa shape index (κ2) is 10.9. The topological polar surface area (TPSA) is 141 Å². The van der Waals surface area contributed by atoms with Crippen molar-refractivity contribution in [3.63, 3.8) is 0 Å². The number of carboxylic acid groups (broad SMARTS) is 1. The predicted octanol–water partition coefficient (Wildman–Crippen LogP) is 4.13. The highest BCUT2D eigenvalue weighted by molar-refractivity contribution is 7.89. The van der Waals surface area contributed by atoms with E-state index >= 15 is 0 Å². The van der Waals surface area contributed by atoms with Crippen molar-refractivity contribution >= 4 is 38.6 Å². The van der Waals surface area contributed by atoms with Gasteiger partial charge in [0.05, 0.1) is 36.2 Å². The standard InChI is InChI=1S/C27H34N4O7S/c1-6-9-27(3,4)38-26(34)31-21-13-19(8-7-18(21)12-22(31)25(32)33)24-28-20(16-39(5,35)36)14-23(29-24)30-10-11-37-15-17(30)2/h7-8,12-14,17H,6,9-11,15-16H2,1-5H3,(H,32,33)/t17-/m0/s1. The second-order valence-corrected chi connectivity index (χ2v) is 12.7. The molecule has 1 aliphatic heterocycles. The summed E-state index contributed by atoms with van der Waals surface area (Å²) in [7, 11) is -3.38. The number of carbonyl (C=O) groups excluding carboxylic acids is 1. The molecule has 1 N–H and O–H groups in total. The maximum atomic E-state index is 13.3. The van der Waals surface area contributed by atoms with Gasteiger partial charge in [-0.25, -0.2) is 32.5 Å². The van der Waals surface area contributed by atoms with Crippen LogP contribution in [0.5, 0.6) is 0 Å². The molecule has 0 radical (unpaired) electrons. The molecule has 4 rings (SSSR count). The van der Waals surface area contributed by atoms with Gasteiger partial charge in [-0.2, -0.15) is 0 Å². The Labute approximate surface area is 227 Å². The van der Waals surface area contributed by atoms with Crippen LogP contribution in [0, 0.1) is 0 Å². The zero-order valence-electron chi connectivity index (χ0n) is 22.8. The van der Waals surface area contributed by atoms with E-state index in [1.807, 2.05) is 18.7 Å². The Balaban J connectivity index is 1.85. The van der Waals surface area contributed by atoms with E-state index in [4.69, 9.17) is 14.5 Å². The third-order valence-electron chi connectivity index (χ3n) is 6.52. The Hall–Kier alpha value is -3.51. The predicted molar refractivity (Wildman–Crippen MR) is 147 cm³/mol. The van der Waals surface area contributed by atoms with Crippen LogP contribution in [0.15, 0.2) is 30.3 Å².